The summed E-state index contributed by atoms with van der Waals surface area (Å²) in [6.45, 7) is 0.536. The molecule has 1 aliphatic carbocycles. The van der Waals surface area contributed by atoms with Gasteiger partial charge in [0.25, 0.3) is 0 Å². The molecule has 0 spiro atoms. The van der Waals surface area contributed by atoms with E-state index >= 15 is 0 Å². The maximum Gasteiger partial charge on any atom is 0.243 e. The number of carbonyl (C=O) groups is 1. The van der Waals surface area contributed by atoms with E-state index in [1.54, 1.807) is 11.9 Å². The van der Waals surface area contributed by atoms with Gasteiger partial charge in [-0.2, -0.15) is 0 Å². The second kappa shape index (κ2) is 8.86. The van der Waals surface area contributed by atoms with Gasteiger partial charge in [-0.3, -0.25) is 9.69 Å². The fraction of sp³-hybridized carbons (Fsp3) is 0.435. The first-order valence-electron chi connectivity index (χ1n) is 9.82. The first kappa shape index (κ1) is 20.5. The Morgan fingerprint density at radius 3 is 2.18 bits per heavy atom. The van der Waals surface area contributed by atoms with Crippen LogP contribution in [0.1, 0.15) is 16.7 Å². The molecule has 2 aromatic rings. The van der Waals surface area contributed by atoms with Gasteiger partial charge in [0.1, 0.15) is 5.54 Å². The largest absolute Gasteiger partial charge is 0.394 e. The normalized spacial score (nSPS) is 16.0. The summed E-state index contributed by atoms with van der Waals surface area (Å²) in [6, 6.07) is 18.5. The van der Waals surface area contributed by atoms with Crippen LogP contribution in [0.3, 0.4) is 0 Å². The number of benzene rings is 2. The van der Waals surface area contributed by atoms with Crippen molar-refractivity contribution in [3.63, 3.8) is 0 Å². The molecule has 5 nitrogen and oxygen atoms in total. The lowest BCUT2D eigenvalue weighted by atomic mass is 9.91. The summed E-state index contributed by atoms with van der Waals surface area (Å²) < 4.78 is 0. The van der Waals surface area contributed by atoms with Crippen molar-refractivity contribution in [2.45, 2.75) is 30.9 Å². The van der Waals surface area contributed by atoms with E-state index in [1.165, 1.54) is 16.7 Å². The minimum atomic E-state index is -0.926. The van der Waals surface area contributed by atoms with Crippen LogP contribution in [0.15, 0.2) is 54.6 Å². The van der Waals surface area contributed by atoms with Crippen molar-refractivity contribution in [1.82, 2.24) is 9.80 Å². The van der Waals surface area contributed by atoms with E-state index < -0.39 is 11.6 Å². The first-order chi connectivity index (χ1) is 13.5. The van der Waals surface area contributed by atoms with Gasteiger partial charge in [0.05, 0.1) is 12.7 Å². The van der Waals surface area contributed by atoms with E-state index in [-0.39, 0.29) is 19.1 Å². The molecular weight excluding hydrogens is 352 g/mol. The Hall–Kier alpha value is -2.21. The van der Waals surface area contributed by atoms with E-state index in [4.69, 9.17) is 5.11 Å². The molecule has 0 aromatic heterocycles. The summed E-state index contributed by atoms with van der Waals surface area (Å²) in [4.78, 5) is 17.3. The lowest BCUT2D eigenvalue weighted by Crippen LogP contribution is -2.60. The van der Waals surface area contributed by atoms with Crippen molar-refractivity contribution in [2.75, 3.05) is 33.8 Å². The lowest BCUT2D eigenvalue weighted by molar-refractivity contribution is -0.143. The van der Waals surface area contributed by atoms with Crippen LogP contribution in [0.2, 0.25) is 0 Å². The maximum atomic E-state index is 13.5. The van der Waals surface area contributed by atoms with Gasteiger partial charge in [0.15, 0.2) is 0 Å². The lowest BCUT2D eigenvalue weighted by Gasteiger charge is -2.40. The van der Waals surface area contributed by atoms with Crippen LogP contribution in [0.25, 0.3) is 0 Å². The molecule has 2 aromatic carbocycles. The number of hydrogen-bond acceptors (Lipinski definition) is 4. The van der Waals surface area contributed by atoms with E-state index in [1.807, 2.05) is 37.4 Å². The SMILES string of the molecule is CN(C[C@H](O)CO)C(=O)C1(N(C)CCc2ccccc2)Cc2ccccc2C1. The molecule has 2 N–H and O–H groups in total. The predicted octanol–water partition coefficient (Wildman–Crippen LogP) is 1.51. The summed E-state index contributed by atoms with van der Waals surface area (Å²) in [5, 5.41) is 19.0. The Kier molecular flexibility index (Phi) is 6.50. The van der Waals surface area contributed by atoms with E-state index in [0.717, 1.165) is 13.0 Å². The Balaban J connectivity index is 1.82. The molecule has 0 radical (unpaired) electrons. The Morgan fingerprint density at radius 1 is 1.04 bits per heavy atom. The highest BCUT2D eigenvalue weighted by Gasteiger charge is 2.48. The number of nitrogens with zero attached hydrogens (tertiary/aromatic N) is 2. The predicted molar refractivity (Wildman–Crippen MR) is 110 cm³/mol. The molecule has 0 saturated carbocycles. The zero-order valence-corrected chi connectivity index (χ0v) is 16.7. The molecule has 0 aliphatic heterocycles. The number of hydrogen-bond donors (Lipinski definition) is 2. The van der Waals surface area contributed by atoms with Crippen LogP contribution in [-0.2, 0) is 24.1 Å². The molecule has 0 fully saturated rings. The number of aliphatic hydroxyl groups excluding tert-OH is 2. The fourth-order valence-corrected chi connectivity index (χ4v) is 4.15. The maximum absolute atomic E-state index is 13.5. The molecule has 0 unspecified atom stereocenters. The van der Waals surface area contributed by atoms with E-state index in [9.17, 15) is 9.90 Å². The highest BCUT2D eigenvalue weighted by Crippen LogP contribution is 2.35. The second-order valence-electron chi connectivity index (χ2n) is 7.83. The first-order valence-corrected chi connectivity index (χ1v) is 9.82. The Labute approximate surface area is 167 Å². The number of rotatable bonds is 8. The standard InChI is InChI=1S/C23H30N2O3/c1-24(16-21(27)17-26)22(28)23(14-19-10-6-7-11-20(19)15-23)25(2)13-12-18-8-4-3-5-9-18/h3-11,21,26-27H,12-17H2,1-2H3/t21-/m0/s1. The number of aliphatic hydroxyl groups is 2. The van der Waals surface area contributed by atoms with Gasteiger partial charge in [-0.05, 0) is 30.2 Å². The summed E-state index contributed by atoms with van der Waals surface area (Å²) in [5.41, 5.74) is 3.00. The van der Waals surface area contributed by atoms with Gasteiger partial charge in [0, 0.05) is 33.0 Å². The molecular formula is C23H30N2O3. The summed E-state index contributed by atoms with van der Waals surface area (Å²) >= 11 is 0. The van der Waals surface area contributed by atoms with Crippen molar-refractivity contribution in [3.05, 3.63) is 71.3 Å². The second-order valence-corrected chi connectivity index (χ2v) is 7.83. The van der Waals surface area contributed by atoms with E-state index in [0.29, 0.717) is 12.8 Å². The molecule has 150 valence electrons. The van der Waals surface area contributed by atoms with Gasteiger partial charge in [-0.15, -0.1) is 0 Å². The molecule has 5 heteroatoms. The quantitative estimate of drug-likeness (QED) is 0.727. The van der Waals surface area contributed by atoms with Crippen LogP contribution < -0.4 is 0 Å². The van der Waals surface area contributed by atoms with Gasteiger partial charge >= 0.3 is 0 Å². The molecule has 0 saturated heterocycles. The topological polar surface area (TPSA) is 64.0 Å². The Bertz CT molecular complexity index is 768. The fourth-order valence-electron chi connectivity index (χ4n) is 4.15. The molecule has 1 amide bonds. The molecule has 0 heterocycles. The number of likely N-dealkylation sites (N-methyl/N-ethyl adjacent to an activating group) is 2. The highest BCUT2D eigenvalue weighted by molar-refractivity contribution is 5.88. The van der Waals surface area contributed by atoms with Crippen molar-refractivity contribution >= 4 is 5.91 Å². The minimum absolute atomic E-state index is 0.00763. The molecule has 1 aliphatic rings. The molecule has 3 rings (SSSR count). The van der Waals surface area contributed by atoms with Crippen molar-refractivity contribution < 1.29 is 15.0 Å². The third-order valence-electron chi connectivity index (χ3n) is 5.83. The zero-order chi connectivity index (χ0) is 20.1. The van der Waals surface area contributed by atoms with Crippen LogP contribution in [0.4, 0.5) is 0 Å². The van der Waals surface area contributed by atoms with Crippen molar-refractivity contribution in [3.8, 4) is 0 Å². The zero-order valence-electron chi connectivity index (χ0n) is 16.7. The molecule has 0 bridgehead atoms. The van der Waals surface area contributed by atoms with Crippen LogP contribution in [0.5, 0.6) is 0 Å². The van der Waals surface area contributed by atoms with Gasteiger partial charge < -0.3 is 15.1 Å². The minimum Gasteiger partial charge on any atom is -0.394 e. The van der Waals surface area contributed by atoms with Gasteiger partial charge in [0.2, 0.25) is 5.91 Å². The highest BCUT2D eigenvalue weighted by atomic mass is 16.3. The summed E-state index contributed by atoms with van der Waals surface area (Å²) in [7, 11) is 3.72. The number of carbonyl (C=O) groups excluding carboxylic acids is 1. The monoisotopic (exact) mass is 382 g/mol. The third kappa shape index (κ3) is 4.27. The van der Waals surface area contributed by atoms with Gasteiger partial charge in [-0.25, -0.2) is 0 Å². The summed E-state index contributed by atoms with van der Waals surface area (Å²) in [5.74, 6) is -0.00763. The van der Waals surface area contributed by atoms with Crippen LogP contribution in [-0.4, -0.2) is 71.4 Å². The smallest absolute Gasteiger partial charge is 0.243 e. The van der Waals surface area contributed by atoms with Crippen LogP contribution >= 0.6 is 0 Å². The van der Waals surface area contributed by atoms with Gasteiger partial charge in [-0.1, -0.05) is 54.6 Å². The average Bonchev–Trinajstić information content (AvgIpc) is 3.12. The number of fused-ring (bicyclic) bond motifs is 1. The molecule has 1 atom stereocenters. The van der Waals surface area contributed by atoms with E-state index in [2.05, 4.69) is 29.2 Å². The van der Waals surface area contributed by atoms with Crippen LogP contribution in [0, 0.1) is 0 Å². The number of amides is 1. The van der Waals surface area contributed by atoms with Crippen molar-refractivity contribution in [1.29, 1.82) is 0 Å². The third-order valence-corrected chi connectivity index (χ3v) is 5.83. The molecule has 28 heavy (non-hydrogen) atoms. The summed E-state index contributed by atoms with van der Waals surface area (Å²) in [6.07, 6.45) is 1.26. The Morgan fingerprint density at radius 2 is 1.61 bits per heavy atom. The average molecular weight is 383 g/mol. The van der Waals surface area contributed by atoms with Crippen molar-refractivity contribution in [2.24, 2.45) is 0 Å².